The smallest absolute Gasteiger partial charge is 0.163 e. The summed E-state index contributed by atoms with van der Waals surface area (Å²) in [5, 5.41) is 0.862. The number of hydrogen-bond donors (Lipinski definition) is 0. The fraction of sp³-hybridized carbons (Fsp3) is 0.0870. The van der Waals surface area contributed by atoms with Crippen molar-refractivity contribution < 1.29 is 4.79 Å². The molecule has 132 valence electrons. The molecule has 0 saturated carbocycles. The van der Waals surface area contributed by atoms with Gasteiger partial charge in [-0.05, 0) is 12.1 Å². The number of thioether (sulfide) groups is 1. The van der Waals surface area contributed by atoms with Gasteiger partial charge < -0.3 is 0 Å². The molecule has 4 aromatic rings. The van der Waals surface area contributed by atoms with Gasteiger partial charge in [0.2, 0.25) is 0 Å². The summed E-state index contributed by atoms with van der Waals surface area (Å²) in [6.45, 7) is 0. The molecule has 0 bridgehead atoms. The van der Waals surface area contributed by atoms with Crippen molar-refractivity contribution in [3.8, 4) is 11.3 Å². The molecule has 0 N–H and O–H groups in total. The Labute approximate surface area is 162 Å². The average molecular weight is 370 g/mol. The zero-order valence-corrected chi connectivity index (χ0v) is 15.5. The zero-order chi connectivity index (χ0) is 18.5. The van der Waals surface area contributed by atoms with Crippen molar-refractivity contribution in [2.24, 2.45) is 0 Å². The third-order valence-electron chi connectivity index (χ3n) is 4.25. The topological polar surface area (TPSA) is 42.9 Å². The molecular weight excluding hydrogens is 352 g/mol. The lowest BCUT2D eigenvalue weighted by Crippen LogP contribution is -2.01. The molecule has 0 spiro atoms. The highest BCUT2D eigenvalue weighted by atomic mass is 32.2. The summed E-state index contributed by atoms with van der Waals surface area (Å²) in [4.78, 5) is 22.0. The van der Waals surface area contributed by atoms with E-state index in [2.05, 4.69) is 0 Å². The molecule has 4 rings (SSSR count). The number of aromatic nitrogens is 2. The van der Waals surface area contributed by atoms with Crippen LogP contribution in [-0.4, -0.2) is 21.5 Å². The van der Waals surface area contributed by atoms with Crippen LogP contribution >= 0.6 is 11.8 Å². The Hall–Kier alpha value is -2.98. The van der Waals surface area contributed by atoms with Gasteiger partial charge in [-0.2, -0.15) is 0 Å². The molecule has 0 atom stereocenters. The highest BCUT2D eigenvalue weighted by Crippen LogP contribution is 2.30. The molecule has 0 aliphatic carbocycles. The van der Waals surface area contributed by atoms with Crippen molar-refractivity contribution in [3.63, 3.8) is 0 Å². The largest absolute Gasteiger partial charge is 0.294 e. The molecule has 3 nitrogen and oxygen atoms in total. The first-order valence-electron chi connectivity index (χ1n) is 8.84. The standard InChI is InChI=1S/C23H18N2OS/c26-21(17-9-3-1-4-10-17)15-16-27-23-22(18-11-5-2-6-12-18)24-19-13-7-8-14-20(19)25-23/h1-14H,15-16H2. The van der Waals surface area contributed by atoms with E-state index in [0.717, 1.165) is 32.9 Å². The van der Waals surface area contributed by atoms with Crippen molar-refractivity contribution >= 4 is 28.6 Å². The lowest BCUT2D eigenvalue weighted by molar-refractivity contribution is 0.0989. The van der Waals surface area contributed by atoms with Gasteiger partial charge in [-0.3, -0.25) is 4.79 Å². The first kappa shape index (κ1) is 17.4. The molecular formula is C23H18N2OS. The molecule has 3 aromatic carbocycles. The second-order valence-corrected chi connectivity index (χ2v) is 7.20. The molecule has 1 heterocycles. The van der Waals surface area contributed by atoms with Crippen molar-refractivity contribution in [2.45, 2.75) is 11.4 Å². The van der Waals surface area contributed by atoms with Crippen LogP contribution in [0.25, 0.3) is 22.3 Å². The Morgan fingerprint density at radius 1 is 0.741 bits per heavy atom. The summed E-state index contributed by atoms with van der Waals surface area (Å²) in [5.41, 5.74) is 4.40. The van der Waals surface area contributed by atoms with Gasteiger partial charge in [0, 0.05) is 23.3 Å². The van der Waals surface area contributed by atoms with Crippen LogP contribution in [-0.2, 0) is 0 Å². The molecule has 27 heavy (non-hydrogen) atoms. The number of hydrogen-bond acceptors (Lipinski definition) is 4. The number of benzene rings is 3. The maximum atomic E-state index is 12.4. The number of nitrogens with zero attached hydrogens (tertiary/aromatic N) is 2. The minimum Gasteiger partial charge on any atom is -0.294 e. The Bertz CT molecular complexity index is 1070. The van der Waals surface area contributed by atoms with Gasteiger partial charge in [-0.1, -0.05) is 72.8 Å². The van der Waals surface area contributed by atoms with Crippen LogP contribution in [0.15, 0.2) is 90.0 Å². The van der Waals surface area contributed by atoms with Crippen LogP contribution in [0.2, 0.25) is 0 Å². The quantitative estimate of drug-likeness (QED) is 0.324. The van der Waals surface area contributed by atoms with Gasteiger partial charge in [0.05, 0.1) is 11.0 Å². The highest BCUT2D eigenvalue weighted by Gasteiger charge is 2.13. The molecule has 0 amide bonds. The van der Waals surface area contributed by atoms with E-state index in [9.17, 15) is 4.79 Å². The second kappa shape index (κ2) is 8.14. The number of carbonyl (C=O) groups is 1. The van der Waals surface area contributed by atoms with Crippen LogP contribution < -0.4 is 0 Å². The monoisotopic (exact) mass is 370 g/mol. The molecule has 0 fully saturated rings. The fourth-order valence-electron chi connectivity index (χ4n) is 2.88. The van der Waals surface area contributed by atoms with E-state index in [1.54, 1.807) is 11.8 Å². The number of carbonyl (C=O) groups excluding carboxylic acids is 1. The van der Waals surface area contributed by atoms with Crippen LogP contribution in [0, 0.1) is 0 Å². The van der Waals surface area contributed by atoms with Gasteiger partial charge in [0.1, 0.15) is 10.7 Å². The highest BCUT2D eigenvalue weighted by molar-refractivity contribution is 7.99. The maximum Gasteiger partial charge on any atom is 0.163 e. The molecule has 1 aromatic heterocycles. The number of para-hydroxylation sites is 2. The summed E-state index contributed by atoms with van der Waals surface area (Å²) in [7, 11) is 0. The summed E-state index contributed by atoms with van der Waals surface area (Å²) in [5.74, 6) is 0.818. The SMILES string of the molecule is O=C(CCSc1nc2ccccc2nc1-c1ccccc1)c1ccccc1. The molecule has 4 heteroatoms. The minimum absolute atomic E-state index is 0.151. The number of rotatable bonds is 6. The summed E-state index contributed by atoms with van der Waals surface area (Å²) in [6.07, 6.45) is 0.470. The van der Waals surface area contributed by atoms with Crippen LogP contribution in [0.4, 0.5) is 0 Å². The lowest BCUT2D eigenvalue weighted by Gasteiger charge is -2.09. The third kappa shape index (κ3) is 4.07. The molecule has 0 unspecified atom stereocenters. The first-order valence-corrected chi connectivity index (χ1v) is 9.83. The lowest BCUT2D eigenvalue weighted by atomic mass is 10.1. The minimum atomic E-state index is 0.151. The number of Topliss-reactive ketones (excluding diaryl/α,β-unsaturated/α-hetero) is 1. The van der Waals surface area contributed by atoms with Gasteiger partial charge in [-0.15, -0.1) is 11.8 Å². The Balaban J connectivity index is 1.59. The molecule has 0 radical (unpaired) electrons. The van der Waals surface area contributed by atoms with Gasteiger partial charge >= 0.3 is 0 Å². The van der Waals surface area contributed by atoms with E-state index >= 15 is 0 Å². The van der Waals surface area contributed by atoms with Gasteiger partial charge in [0.15, 0.2) is 5.78 Å². The van der Waals surface area contributed by atoms with E-state index in [-0.39, 0.29) is 5.78 Å². The molecule has 0 aliphatic heterocycles. The second-order valence-electron chi connectivity index (χ2n) is 6.12. The van der Waals surface area contributed by atoms with E-state index in [4.69, 9.17) is 9.97 Å². The normalized spacial score (nSPS) is 10.8. The number of fused-ring (bicyclic) bond motifs is 1. The average Bonchev–Trinajstić information content (AvgIpc) is 2.74. The maximum absolute atomic E-state index is 12.4. The van der Waals surface area contributed by atoms with Crippen molar-refractivity contribution in [1.82, 2.24) is 9.97 Å². The Morgan fingerprint density at radius 2 is 1.33 bits per heavy atom. The van der Waals surface area contributed by atoms with Crippen molar-refractivity contribution in [3.05, 3.63) is 90.5 Å². The van der Waals surface area contributed by atoms with Crippen molar-refractivity contribution in [2.75, 3.05) is 5.75 Å². The third-order valence-corrected chi connectivity index (χ3v) is 5.22. The number of ketones is 1. The van der Waals surface area contributed by atoms with Crippen LogP contribution in [0.1, 0.15) is 16.8 Å². The fourth-order valence-corrected chi connectivity index (χ4v) is 3.82. The van der Waals surface area contributed by atoms with Gasteiger partial charge in [-0.25, -0.2) is 9.97 Å². The van der Waals surface area contributed by atoms with Crippen LogP contribution in [0.3, 0.4) is 0 Å². The van der Waals surface area contributed by atoms with E-state index < -0.39 is 0 Å². The first-order chi connectivity index (χ1) is 13.3. The Kier molecular flexibility index (Phi) is 5.26. The van der Waals surface area contributed by atoms with E-state index in [1.165, 1.54) is 0 Å². The molecule has 0 aliphatic rings. The predicted octanol–water partition coefficient (Wildman–Crippen LogP) is 5.66. The van der Waals surface area contributed by atoms with Crippen LogP contribution in [0.5, 0.6) is 0 Å². The zero-order valence-electron chi connectivity index (χ0n) is 14.7. The van der Waals surface area contributed by atoms with Gasteiger partial charge in [0.25, 0.3) is 0 Å². The van der Waals surface area contributed by atoms with Crippen molar-refractivity contribution in [1.29, 1.82) is 0 Å². The molecule has 0 saturated heterocycles. The summed E-state index contributed by atoms with van der Waals surface area (Å²) < 4.78 is 0. The van der Waals surface area contributed by atoms with E-state index in [0.29, 0.717) is 12.2 Å². The Morgan fingerprint density at radius 3 is 2.04 bits per heavy atom. The van der Waals surface area contributed by atoms with E-state index in [1.807, 2.05) is 84.9 Å². The summed E-state index contributed by atoms with van der Waals surface area (Å²) >= 11 is 1.59. The predicted molar refractivity (Wildman–Crippen MR) is 111 cm³/mol. The summed E-state index contributed by atoms with van der Waals surface area (Å²) in [6, 6.07) is 27.4.